The highest BCUT2D eigenvalue weighted by atomic mass is 35.5. The maximum atomic E-state index is 13.1. The molecule has 4 nitrogen and oxygen atoms in total. The summed E-state index contributed by atoms with van der Waals surface area (Å²) in [6.07, 6.45) is 0.173. The highest BCUT2D eigenvalue weighted by Crippen LogP contribution is 2.27. The number of nitrogens with two attached hydrogens (primary N) is 1. The monoisotopic (exact) mass is 258 g/mol. The van der Waals surface area contributed by atoms with Crippen LogP contribution in [0.25, 0.3) is 0 Å². The van der Waals surface area contributed by atoms with Crippen LogP contribution in [0.2, 0.25) is 5.02 Å². The summed E-state index contributed by atoms with van der Waals surface area (Å²) in [6, 6.07) is 3.95. The molecule has 2 N–H and O–H groups in total. The standard InChI is InChI=1S/C11H12ClFN2O2/c12-9-5-7(1-2-10(9)13)15-8(6-14)3-4-17-11(15)16/h1-2,5,8H,3-4,6,14H2. The van der Waals surface area contributed by atoms with Gasteiger partial charge in [-0.1, -0.05) is 11.6 Å². The third-order valence-electron chi connectivity index (χ3n) is 2.69. The lowest BCUT2D eigenvalue weighted by molar-refractivity contribution is 0.130. The van der Waals surface area contributed by atoms with E-state index in [0.29, 0.717) is 25.3 Å². The third kappa shape index (κ3) is 2.35. The van der Waals surface area contributed by atoms with Crippen LogP contribution in [-0.4, -0.2) is 25.3 Å². The van der Waals surface area contributed by atoms with Gasteiger partial charge in [-0.3, -0.25) is 4.90 Å². The number of anilines is 1. The van der Waals surface area contributed by atoms with Crippen LogP contribution in [0.4, 0.5) is 14.9 Å². The number of halogens is 2. The Balaban J connectivity index is 2.34. The van der Waals surface area contributed by atoms with E-state index in [0.717, 1.165) is 0 Å². The van der Waals surface area contributed by atoms with E-state index in [1.165, 1.54) is 23.1 Å². The number of hydrogen-bond acceptors (Lipinski definition) is 3. The topological polar surface area (TPSA) is 55.6 Å². The minimum Gasteiger partial charge on any atom is -0.449 e. The molecular weight excluding hydrogens is 247 g/mol. The summed E-state index contributed by atoms with van der Waals surface area (Å²) >= 11 is 5.69. The molecule has 2 rings (SSSR count). The molecule has 1 atom stereocenters. The van der Waals surface area contributed by atoms with E-state index in [-0.39, 0.29) is 11.1 Å². The molecular formula is C11H12ClFN2O2. The molecule has 1 amide bonds. The quantitative estimate of drug-likeness (QED) is 0.884. The highest BCUT2D eigenvalue weighted by Gasteiger charge is 2.30. The molecule has 17 heavy (non-hydrogen) atoms. The first-order valence-corrected chi connectivity index (χ1v) is 5.62. The Bertz CT molecular complexity index is 441. The molecule has 1 unspecified atom stereocenters. The van der Waals surface area contributed by atoms with Crippen molar-refractivity contribution < 1.29 is 13.9 Å². The van der Waals surface area contributed by atoms with Gasteiger partial charge in [0.25, 0.3) is 0 Å². The average Bonchev–Trinajstić information content (AvgIpc) is 2.32. The zero-order valence-corrected chi connectivity index (χ0v) is 9.78. The van der Waals surface area contributed by atoms with Gasteiger partial charge >= 0.3 is 6.09 Å². The van der Waals surface area contributed by atoms with Crippen LogP contribution >= 0.6 is 11.6 Å². The van der Waals surface area contributed by atoms with Gasteiger partial charge in [0.2, 0.25) is 0 Å². The van der Waals surface area contributed by atoms with Crippen molar-refractivity contribution in [2.75, 3.05) is 18.1 Å². The molecule has 6 heteroatoms. The molecule has 1 aromatic rings. The first-order valence-electron chi connectivity index (χ1n) is 5.24. The SMILES string of the molecule is NCC1CCOC(=O)N1c1ccc(F)c(Cl)c1. The lowest BCUT2D eigenvalue weighted by Gasteiger charge is -2.34. The smallest absolute Gasteiger partial charge is 0.414 e. The second kappa shape index (κ2) is 4.89. The van der Waals surface area contributed by atoms with Crippen molar-refractivity contribution in [1.29, 1.82) is 0 Å². The fraction of sp³-hybridized carbons (Fsp3) is 0.364. The van der Waals surface area contributed by atoms with Gasteiger partial charge in [0, 0.05) is 18.7 Å². The van der Waals surface area contributed by atoms with Crippen LogP contribution in [0, 0.1) is 5.82 Å². The van der Waals surface area contributed by atoms with Gasteiger partial charge in [-0.2, -0.15) is 0 Å². The van der Waals surface area contributed by atoms with Crippen LogP contribution in [0.3, 0.4) is 0 Å². The van der Waals surface area contributed by atoms with Crippen molar-refractivity contribution in [2.45, 2.75) is 12.5 Å². The molecule has 0 spiro atoms. The summed E-state index contributed by atoms with van der Waals surface area (Å²) in [7, 11) is 0. The Morgan fingerprint density at radius 1 is 1.59 bits per heavy atom. The van der Waals surface area contributed by atoms with Crippen molar-refractivity contribution in [3.8, 4) is 0 Å². The minimum absolute atomic E-state index is 0.0309. The number of carbonyl (C=O) groups excluding carboxylic acids is 1. The molecule has 1 saturated heterocycles. The first kappa shape index (κ1) is 12.1. The van der Waals surface area contributed by atoms with Gasteiger partial charge in [0.1, 0.15) is 5.82 Å². The Labute approximate surface area is 103 Å². The van der Waals surface area contributed by atoms with Crippen LogP contribution in [-0.2, 0) is 4.74 Å². The van der Waals surface area contributed by atoms with E-state index < -0.39 is 11.9 Å². The molecule has 1 aliphatic heterocycles. The second-order valence-corrected chi connectivity index (χ2v) is 4.17. The van der Waals surface area contributed by atoms with Gasteiger partial charge in [0.15, 0.2) is 0 Å². The lowest BCUT2D eigenvalue weighted by Crippen LogP contribution is -2.49. The fourth-order valence-corrected chi connectivity index (χ4v) is 1.98. The van der Waals surface area contributed by atoms with E-state index >= 15 is 0 Å². The van der Waals surface area contributed by atoms with Crippen LogP contribution in [0.1, 0.15) is 6.42 Å². The molecule has 1 aliphatic rings. The van der Waals surface area contributed by atoms with Gasteiger partial charge in [-0.05, 0) is 18.2 Å². The predicted molar refractivity (Wildman–Crippen MR) is 62.7 cm³/mol. The van der Waals surface area contributed by atoms with E-state index in [2.05, 4.69) is 0 Å². The van der Waals surface area contributed by atoms with E-state index in [4.69, 9.17) is 22.1 Å². The Morgan fingerprint density at radius 3 is 3.00 bits per heavy atom. The predicted octanol–water partition coefficient (Wildman–Crippen LogP) is 2.15. The van der Waals surface area contributed by atoms with Crippen LogP contribution in [0.5, 0.6) is 0 Å². The summed E-state index contributed by atoms with van der Waals surface area (Å²) in [5.74, 6) is -0.523. The number of amides is 1. The van der Waals surface area contributed by atoms with E-state index in [9.17, 15) is 9.18 Å². The van der Waals surface area contributed by atoms with Crippen molar-refractivity contribution in [1.82, 2.24) is 0 Å². The molecule has 0 radical (unpaired) electrons. The van der Waals surface area contributed by atoms with Crippen LogP contribution < -0.4 is 10.6 Å². The Hall–Kier alpha value is -1.33. The Kier molecular flexibility index (Phi) is 3.49. The molecule has 1 fully saturated rings. The van der Waals surface area contributed by atoms with Crippen molar-refractivity contribution in [3.63, 3.8) is 0 Å². The molecule has 0 bridgehead atoms. The van der Waals surface area contributed by atoms with Gasteiger partial charge in [0.05, 0.1) is 17.7 Å². The van der Waals surface area contributed by atoms with Crippen molar-refractivity contribution in [3.05, 3.63) is 29.0 Å². The summed E-state index contributed by atoms with van der Waals surface area (Å²) in [4.78, 5) is 13.1. The van der Waals surface area contributed by atoms with E-state index in [1.54, 1.807) is 0 Å². The van der Waals surface area contributed by atoms with Crippen molar-refractivity contribution in [2.24, 2.45) is 5.73 Å². The summed E-state index contributed by atoms with van der Waals surface area (Å²) in [5.41, 5.74) is 6.10. The molecule has 1 heterocycles. The maximum absolute atomic E-state index is 13.1. The molecule has 1 aromatic carbocycles. The summed E-state index contributed by atoms with van der Waals surface area (Å²) in [6.45, 7) is 0.677. The molecule has 0 aromatic heterocycles. The normalized spacial score (nSPS) is 20.3. The number of hydrogen-bond donors (Lipinski definition) is 1. The number of ether oxygens (including phenoxy) is 1. The molecule has 92 valence electrons. The minimum atomic E-state index is -0.523. The highest BCUT2D eigenvalue weighted by molar-refractivity contribution is 6.31. The van der Waals surface area contributed by atoms with Gasteiger partial charge in [-0.25, -0.2) is 9.18 Å². The number of cyclic esters (lactones) is 1. The largest absolute Gasteiger partial charge is 0.449 e. The summed E-state index contributed by atoms with van der Waals surface area (Å²) in [5, 5.41) is -0.0309. The second-order valence-electron chi connectivity index (χ2n) is 3.76. The number of rotatable bonds is 2. The maximum Gasteiger partial charge on any atom is 0.414 e. The number of nitrogens with zero attached hydrogens (tertiary/aromatic N) is 1. The van der Waals surface area contributed by atoms with Gasteiger partial charge < -0.3 is 10.5 Å². The first-order chi connectivity index (χ1) is 8.13. The van der Waals surface area contributed by atoms with Crippen LogP contribution in [0.15, 0.2) is 18.2 Å². The zero-order chi connectivity index (χ0) is 12.4. The molecule has 0 aliphatic carbocycles. The van der Waals surface area contributed by atoms with Crippen molar-refractivity contribution >= 4 is 23.4 Å². The number of benzene rings is 1. The number of carbonyl (C=O) groups is 1. The third-order valence-corrected chi connectivity index (χ3v) is 2.98. The fourth-order valence-electron chi connectivity index (χ4n) is 1.80. The van der Waals surface area contributed by atoms with E-state index in [1.807, 2.05) is 0 Å². The lowest BCUT2D eigenvalue weighted by atomic mass is 10.1. The average molecular weight is 259 g/mol. The summed E-state index contributed by atoms with van der Waals surface area (Å²) < 4.78 is 18.0. The molecule has 0 saturated carbocycles. The van der Waals surface area contributed by atoms with Gasteiger partial charge in [-0.15, -0.1) is 0 Å². The zero-order valence-electron chi connectivity index (χ0n) is 9.03. The Morgan fingerprint density at radius 2 is 2.35 bits per heavy atom.